The van der Waals surface area contributed by atoms with Gasteiger partial charge in [-0.15, -0.1) is 0 Å². The van der Waals surface area contributed by atoms with E-state index in [2.05, 4.69) is 62.1 Å². The third-order valence-electron chi connectivity index (χ3n) is 21.1. The van der Waals surface area contributed by atoms with Crippen molar-refractivity contribution < 1.29 is 69.3 Å². The molecule has 31 heteroatoms. The van der Waals surface area contributed by atoms with Gasteiger partial charge < -0.3 is 43.9 Å². The average Bonchev–Trinajstić information content (AvgIpc) is 1.40. The number of ether oxygens (including phenoxy) is 4. The van der Waals surface area contributed by atoms with Crippen LogP contribution in [0, 0.1) is 46.2 Å². The Kier molecular flexibility index (Phi) is 27.4. The van der Waals surface area contributed by atoms with E-state index in [1.54, 1.807) is 134 Å². The summed E-state index contributed by atoms with van der Waals surface area (Å²) in [6.07, 6.45) is 13.7. The topological polar surface area (TPSA) is 312 Å². The molecule has 0 atom stereocenters. The van der Waals surface area contributed by atoms with Crippen LogP contribution in [0.1, 0.15) is 106 Å². The first-order valence-electron chi connectivity index (χ1n) is 40.4. The number of H-pyrrole nitrogens is 4. The van der Waals surface area contributed by atoms with Gasteiger partial charge in [0.15, 0.2) is 0 Å². The summed E-state index contributed by atoms with van der Waals surface area (Å²) in [5, 5.41) is 43.1. The lowest BCUT2D eigenvalue weighted by Gasteiger charge is -2.19. The number of methoxy groups -OCH3 is 1. The lowest BCUT2D eigenvalue weighted by molar-refractivity contribution is 0.0777. The van der Waals surface area contributed by atoms with Crippen molar-refractivity contribution in [3.8, 4) is 73.7 Å². The predicted octanol–water partition coefficient (Wildman–Crippen LogP) is 18.2. The number of carbonyl (C=O) groups is 5. The molecule has 0 saturated heterocycles. The van der Waals surface area contributed by atoms with Crippen LogP contribution in [-0.2, 0) is 26.2 Å². The van der Waals surface area contributed by atoms with E-state index in [1.165, 1.54) is 111 Å². The van der Waals surface area contributed by atoms with E-state index in [1.807, 2.05) is 61.5 Å². The molecule has 6 aromatic heterocycles. The summed E-state index contributed by atoms with van der Waals surface area (Å²) in [5.41, 5.74) is 11.3. The number of nitriles is 1. The quantitative estimate of drug-likeness (QED) is 0.0351. The minimum atomic E-state index is -0.697. The average molecular weight is 1730 g/mol. The van der Waals surface area contributed by atoms with E-state index in [9.17, 15) is 55.6 Å². The van der Waals surface area contributed by atoms with Crippen LogP contribution >= 0.6 is 0 Å². The monoisotopic (exact) mass is 1730 g/mol. The van der Waals surface area contributed by atoms with Gasteiger partial charge in [0.25, 0.3) is 29.5 Å². The van der Waals surface area contributed by atoms with Crippen molar-refractivity contribution in [2.45, 2.75) is 59.0 Å². The largest absolute Gasteiger partial charge is 0.496 e. The number of para-hydroxylation sites is 2. The van der Waals surface area contributed by atoms with Crippen LogP contribution in [0.5, 0.6) is 23.0 Å². The first-order valence-corrected chi connectivity index (χ1v) is 40.4. The number of hydrogen-bond donors (Lipinski definition) is 5. The van der Waals surface area contributed by atoms with Crippen molar-refractivity contribution in [1.29, 1.82) is 5.26 Å². The molecule has 648 valence electrons. The SMILES string of the molecule is CCOc1cc(C(=O)N(C)Cc2cccc3cn[nH]c23)ccc1-c1c(F)cccc1F.CCOc1cc(C(=O)N(C)Cc2cncc3cn[nH]c23)cnc1-c1ccc(F)c(C(=O)NC)c1.CN(Cc1ccc(C#N)c2cn[nH]c12)C(=O)c1ccc(-c2cccc(F)c2)c(OC2CC2)c1.COc1cc(C(=O)N(C)Cc2cccc3cn[nH]c23)ccc1-c1c(F)cccc1F. The summed E-state index contributed by atoms with van der Waals surface area (Å²) in [4.78, 5) is 79.3. The van der Waals surface area contributed by atoms with E-state index >= 15 is 0 Å². The van der Waals surface area contributed by atoms with E-state index in [0.29, 0.717) is 95.5 Å². The molecule has 1 fully saturated rings. The highest BCUT2D eigenvalue weighted by molar-refractivity contribution is 6.00. The number of nitrogens with one attached hydrogen (secondary N) is 5. The number of fused-ring (bicyclic) bond motifs is 4. The van der Waals surface area contributed by atoms with Gasteiger partial charge in [-0.1, -0.05) is 66.7 Å². The molecular weight excluding hydrogens is 1650 g/mol. The standard InChI is InChI=1S/C26H21FN4O2.C24H21F2N3O2.C24H23FN6O3.C23H19F2N3O2/c1-31(15-19-6-5-18(13-28)23-14-29-30-25(19)23)26(32)17-7-10-22(16-3-2-4-20(27)11-16)24(12-17)33-21-8-9-21;1-3-31-21-12-15(10-11-18(21)22-19(25)8-5-9-20(22)26)24(30)29(2)14-17-7-4-6-16-13-27-28-23(16)17;1-4-34-20-8-15(11-28-22(20)14-5-6-19(25)18(7-14)23(32)26-2)24(33)31(3)13-17-10-27-9-16-12-29-30-21(16)17;1-28(13-16-6-3-5-15-12-26-27-22(15)16)23(29)14-9-10-17(20(11-14)30-2)21-18(24)7-4-8-19(21)25/h2-7,10-12,14,21H,8-9,15H2,1H3,(H,29,30);4-13H,3,14H2,1-2H3,(H,27,28);5-12H,4,13H2,1-3H3,(H,26,32)(H,29,30);3-12H,13H2,1-2H3,(H,26,27). The smallest absolute Gasteiger partial charge is 0.255 e. The normalized spacial score (nSPS) is 11.4. The number of nitrogens with zero attached hydrogens (tertiary/aromatic N) is 11. The van der Waals surface area contributed by atoms with Crippen LogP contribution < -0.4 is 24.3 Å². The summed E-state index contributed by atoms with van der Waals surface area (Å²) in [6, 6.07) is 51.1. The molecule has 0 unspecified atom stereocenters. The van der Waals surface area contributed by atoms with E-state index in [0.717, 1.165) is 84.3 Å². The number of aromatic amines is 4. The van der Waals surface area contributed by atoms with Crippen LogP contribution in [0.3, 0.4) is 0 Å². The van der Waals surface area contributed by atoms with E-state index in [4.69, 9.17) is 18.9 Å². The van der Waals surface area contributed by atoms with Gasteiger partial charge in [0.1, 0.15) is 63.6 Å². The number of rotatable bonds is 24. The summed E-state index contributed by atoms with van der Waals surface area (Å²) in [6.45, 7) is 5.59. The second kappa shape index (κ2) is 39.7. The summed E-state index contributed by atoms with van der Waals surface area (Å²) in [7, 11) is 9.62. The zero-order valence-corrected chi connectivity index (χ0v) is 70.5. The summed E-state index contributed by atoms with van der Waals surface area (Å²) in [5.74, 6) is -3.80. The number of hydrogen-bond acceptors (Lipinski definition) is 16. The maximum atomic E-state index is 14.3. The molecule has 0 bridgehead atoms. The molecule has 1 aliphatic rings. The molecule has 128 heavy (non-hydrogen) atoms. The zero-order valence-electron chi connectivity index (χ0n) is 70.5. The number of amides is 5. The molecule has 17 rings (SSSR count). The van der Waals surface area contributed by atoms with Gasteiger partial charge in [-0.25, -0.2) is 26.3 Å². The predicted molar refractivity (Wildman–Crippen MR) is 471 cm³/mol. The second-order valence-electron chi connectivity index (χ2n) is 29.9. The molecule has 6 heterocycles. The molecule has 10 aromatic carbocycles. The Balaban J connectivity index is 0.000000138. The van der Waals surface area contributed by atoms with Crippen molar-refractivity contribution in [3.05, 3.63) is 322 Å². The Bertz CT molecular complexity index is 6840. The number of benzene rings is 10. The van der Waals surface area contributed by atoms with E-state index < -0.39 is 35.0 Å². The number of carbonyl (C=O) groups excluding carboxylic acids is 5. The van der Waals surface area contributed by atoms with E-state index in [-0.39, 0.29) is 74.9 Å². The Hall–Kier alpha value is -16.0. The van der Waals surface area contributed by atoms with Crippen LogP contribution in [0.2, 0.25) is 0 Å². The molecule has 0 aliphatic heterocycles. The number of halogens is 6. The molecule has 0 spiro atoms. The van der Waals surface area contributed by atoms with Gasteiger partial charge in [-0.3, -0.25) is 54.3 Å². The fourth-order valence-electron chi connectivity index (χ4n) is 14.6. The van der Waals surface area contributed by atoms with Gasteiger partial charge in [-0.2, -0.15) is 25.7 Å². The van der Waals surface area contributed by atoms with Crippen molar-refractivity contribution in [3.63, 3.8) is 0 Å². The molecule has 5 amide bonds. The van der Waals surface area contributed by atoms with Gasteiger partial charge >= 0.3 is 0 Å². The fraction of sp³-hybridized carbons (Fsp3) is 0.175. The molecule has 0 radical (unpaired) electrons. The molecule has 1 saturated carbocycles. The zero-order chi connectivity index (χ0) is 90.4. The highest BCUT2D eigenvalue weighted by Gasteiger charge is 2.29. The molecule has 25 nitrogen and oxygen atoms in total. The summed E-state index contributed by atoms with van der Waals surface area (Å²) < 4.78 is 108. The minimum absolute atomic E-state index is 0.106. The second-order valence-corrected chi connectivity index (χ2v) is 29.9. The molecular formula is C97H84F6N16O9. The first-order chi connectivity index (χ1) is 61.9. The lowest BCUT2D eigenvalue weighted by atomic mass is 10.0. The maximum Gasteiger partial charge on any atom is 0.255 e. The fourth-order valence-corrected chi connectivity index (χ4v) is 14.6. The molecule has 16 aromatic rings. The summed E-state index contributed by atoms with van der Waals surface area (Å²) >= 11 is 0. The van der Waals surface area contributed by atoms with Crippen LogP contribution in [0.25, 0.3) is 88.2 Å². The Morgan fingerprint density at radius 1 is 0.445 bits per heavy atom. The highest BCUT2D eigenvalue weighted by Crippen LogP contribution is 2.40. The van der Waals surface area contributed by atoms with Crippen molar-refractivity contribution in [2.24, 2.45) is 0 Å². The van der Waals surface area contributed by atoms with Crippen molar-refractivity contribution >= 4 is 73.1 Å². The van der Waals surface area contributed by atoms with Gasteiger partial charge in [0, 0.05) is 146 Å². The van der Waals surface area contributed by atoms with Gasteiger partial charge in [0.2, 0.25) is 0 Å². The Morgan fingerprint density at radius 2 is 0.914 bits per heavy atom. The lowest BCUT2D eigenvalue weighted by Crippen LogP contribution is -2.26. The Labute approximate surface area is 729 Å². The van der Waals surface area contributed by atoms with Crippen LogP contribution in [-0.4, -0.2) is 162 Å². The van der Waals surface area contributed by atoms with Crippen LogP contribution in [0.15, 0.2) is 231 Å². The van der Waals surface area contributed by atoms with Gasteiger partial charge in [0.05, 0.1) is 107 Å². The van der Waals surface area contributed by atoms with Gasteiger partial charge in [-0.05, 0) is 170 Å². The third kappa shape index (κ3) is 19.8. The van der Waals surface area contributed by atoms with Crippen molar-refractivity contribution in [2.75, 3.05) is 55.6 Å². The van der Waals surface area contributed by atoms with Crippen molar-refractivity contribution in [1.82, 2.24) is 75.7 Å². The van der Waals surface area contributed by atoms with Crippen LogP contribution in [0.4, 0.5) is 26.3 Å². The maximum absolute atomic E-state index is 14.3. The number of aromatic nitrogens is 10. The molecule has 5 N–H and O–H groups in total. The molecule has 1 aliphatic carbocycles. The number of pyridine rings is 2. The Morgan fingerprint density at radius 3 is 1.45 bits per heavy atom. The third-order valence-corrected chi connectivity index (χ3v) is 21.1. The highest BCUT2D eigenvalue weighted by atomic mass is 19.2. The first kappa shape index (κ1) is 88.3. The minimum Gasteiger partial charge on any atom is -0.496 e.